The van der Waals surface area contributed by atoms with Gasteiger partial charge in [0.25, 0.3) is 0 Å². The lowest BCUT2D eigenvalue weighted by molar-refractivity contribution is -0.163. The van der Waals surface area contributed by atoms with Gasteiger partial charge in [0.05, 0.1) is 6.61 Å². The lowest BCUT2D eigenvalue weighted by Gasteiger charge is -2.18. The fourth-order valence-corrected chi connectivity index (χ4v) is 8.00. The third kappa shape index (κ3) is 54.0. The van der Waals surface area contributed by atoms with Gasteiger partial charge < -0.3 is 14.2 Å². The van der Waals surface area contributed by atoms with Gasteiger partial charge in [-0.2, -0.15) is 0 Å². The molecule has 0 bridgehead atoms. The minimum Gasteiger partial charge on any atom is -0.462 e. The predicted molar refractivity (Wildman–Crippen MR) is 288 cm³/mol. The van der Waals surface area contributed by atoms with E-state index >= 15 is 0 Å². The van der Waals surface area contributed by atoms with Crippen LogP contribution in [0.5, 0.6) is 0 Å². The molecule has 382 valence electrons. The van der Waals surface area contributed by atoms with Crippen molar-refractivity contribution in [1.29, 1.82) is 0 Å². The summed E-state index contributed by atoms with van der Waals surface area (Å²) in [6.45, 7) is 7.67. The summed E-state index contributed by atoms with van der Waals surface area (Å²) in [7, 11) is 0. The minimum absolute atomic E-state index is 0.0724. The first-order valence-electron chi connectivity index (χ1n) is 28.5. The quantitative estimate of drug-likeness (QED) is 0.0346. The second-order valence-corrected chi connectivity index (χ2v) is 18.8. The van der Waals surface area contributed by atoms with Gasteiger partial charge in [-0.05, 0) is 89.9 Å². The number of rotatable bonds is 52. The molecule has 1 atom stereocenters. The van der Waals surface area contributed by atoms with E-state index in [9.17, 15) is 9.59 Å². The Labute approximate surface area is 410 Å². The average molecular weight is 922 g/mol. The summed E-state index contributed by atoms with van der Waals surface area (Å²) in [6.07, 6.45) is 73.5. The van der Waals surface area contributed by atoms with Crippen LogP contribution in [0, 0.1) is 0 Å². The van der Waals surface area contributed by atoms with Crippen LogP contribution in [0.4, 0.5) is 0 Å². The molecule has 0 aliphatic carbocycles. The van der Waals surface area contributed by atoms with E-state index in [2.05, 4.69) is 93.7 Å². The van der Waals surface area contributed by atoms with Crippen molar-refractivity contribution in [3.05, 3.63) is 72.9 Å². The van der Waals surface area contributed by atoms with E-state index in [-0.39, 0.29) is 25.2 Å². The van der Waals surface area contributed by atoms with E-state index in [1.807, 2.05) is 0 Å². The Kier molecular flexibility index (Phi) is 54.4. The minimum atomic E-state index is -0.555. The Morgan fingerprint density at radius 3 is 1.12 bits per heavy atom. The molecule has 0 saturated carbocycles. The zero-order valence-electron chi connectivity index (χ0n) is 44.0. The van der Waals surface area contributed by atoms with Crippen LogP contribution in [0.3, 0.4) is 0 Å². The average Bonchev–Trinajstić information content (AvgIpc) is 3.32. The second-order valence-electron chi connectivity index (χ2n) is 18.8. The molecule has 0 radical (unpaired) electrons. The van der Waals surface area contributed by atoms with Gasteiger partial charge in [0.1, 0.15) is 6.61 Å². The Hall–Kier alpha value is -2.66. The zero-order valence-corrected chi connectivity index (χ0v) is 44.0. The van der Waals surface area contributed by atoms with Gasteiger partial charge in [-0.3, -0.25) is 9.59 Å². The number of carbonyl (C=O) groups is 2. The van der Waals surface area contributed by atoms with Crippen molar-refractivity contribution >= 4 is 11.9 Å². The molecule has 0 aliphatic rings. The van der Waals surface area contributed by atoms with Crippen molar-refractivity contribution in [3.8, 4) is 0 Å². The Morgan fingerprint density at radius 1 is 0.348 bits per heavy atom. The van der Waals surface area contributed by atoms with Gasteiger partial charge in [0.15, 0.2) is 6.10 Å². The monoisotopic (exact) mass is 921 g/mol. The lowest BCUT2D eigenvalue weighted by Crippen LogP contribution is -2.30. The molecule has 0 heterocycles. The van der Waals surface area contributed by atoms with Gasteiger partial charge in [-0.1, -0.05) is 248 Å². The topological polar surface area (TPSA) is 61.8 Å². The molecular formula is C61H108O5. The van der Waals surface area contributed by atoms with Gasteiger partial charge in [0, 0.05) is 19.4 Å². The van der Waals surface area contributed by atoms with Crippen molar-refractivity contribution in [1.82, 2.24) is 0 Å². The lowest BCUT2D eigenvalue weighted by atomic mass is 10.0. The van der Waals surface area contributed by atoms with E-state index in [4.69, 9.17) is 14.2 Å². The van der Waals surface area contributed by atoms with Gasteiger partial charge in [-0.15, -0.1) is 0 Å². The van der Waals surface area contributed by atoms with Crippen molar-refractivity contribution in [2.75, 3.05) is 19.8 Å². The summed E-state index contributed by atoms with van der Waals surface area (Å²) in [4.78, 5) is 25.5. The molecule has 0 N–H and O–H groups in total. The standard InChI is InChI=1S/C61H108O5/c1-4-7-10-13-16-19-22-25-28-30-32-35-38-41-44-47-50-53-56-64-57-59(66-61(63)55-52-49-46-43-40-37-33-27-24-21-18-15-12-9-6-3)58-65-60(62)54-51-48-45-42-39-36-34-31-29-26-23-20-17-14-11-8-5-2/h7,10,16,18-19,21,25,27-28,32-33,35,59H,4-6,8-9,11-15,17,20,22-24,26,29-31,34,36-58H2,1-3H3/b10-7-,19-16-,21-18-,28-25-,33-27-,35-32-. The van der Waals surface area contributed by atoms with Crippen LogP contribution in [0.25, 0.3) is 0 Å². The summed E-state index contributed by atoms with van der Waals surface area (Å²) in [5, 5.41) is 0. The highest BCUT2D eigenvalue weighted by Crippen LogP contribution is 2.16. The summed E-state index contributed by atoms with van der Waals surface area (Å²) in [5.74, 6) is -0.414. The molecule has 0 aromatic rings. The first-order chi connectivity index (χ1) is 32.6. The summed E-state index contributed by atoms with van der Waals surface area (Å²) in [6, 6.07) is 0. The number of ether oxygens (including phenoxy) is 3. The maximum absolute atomic E-state index is 12.8. The second kappa shape index (κ2) is 56.7. The number of carbonyl (C=O) groups excluding carboxylic acids is 2. The number of esters is 2. The van der Waals surface area contributed by atoms with Crippen molar-refractivity contribution in [2.45, 2.75) is 284 Å². The zero-order chi connectivity index (χ0) is 47.7. The van der Waals surface area contributed by atoms with Crippen LogP contribution < -0.4 is 0 Å². The van der Waals surface area contributed by atoms with Crippen molar-refractivity contribution in [3.63, 3.8) is 0 Å². The van der Waals surface area contributed by atoms with Crippen LogP contribution in [-0.2, 0) is 23.8 Å². The largest absolute Gasteiger partial charge is 0.462 e. The van der Waals surface area contributed by atoms with E-state index in [0.29, 0.717) is 19.4 Å². The molecule has 66 heavy (non-hydrogen) atoms. The predicted octanol–water partition coefficient (Wildman–Crippen LogP) is 19.5. The molecule has 0 saturated heterocycles. The van der Waals surface area contributed by atoms with E-state index in [0.717, 1.165) is 89.9 Å². The maximum atomic E-state index is 12.8. The Morgan fingerprint density at radius 2 is 0.682 bits per heavy atom. The van der Waals surface area contributed by atoms with Crippen LogP contribution in [0.15, 0.2) is 72.9 Å². The molecule has 5 heteroatoms. The molecule has 0 aliphatic heterocycles. The van der Waals surface area contributed by atoms with Crippen LogP contribution >= 0.6 is 0 Å². The molecule has 0 fully saturated rings. The van der Waals surface area contributed by atoms with Crippen molar-refractivity contribution in [2.24, 2.45) is 0 Å². The van der Waals surface area contributed by atoms with Crippen LogP contribution in [0.2, 0.25) is 0 Å². The molecule has 0 aromatic heterocycles. The van der Waals surface area contributed by atoms with Crippen LogP contribution in [0.1, 0.15) is 278 Å². The highest BCUT2D eigenvalue weighted by molar-refractivity contribution is 5.70. The summed E-state index contributed by atoms with van der Waals surface area (Å²) in [5.41, 5.74) is 0. The van der Waals surface area contributed by atoms with Gasteiger partial charge in [0.2, 0.25) is 0 Å². The smallest absolute Gasteiger partial charge is 0.306 e. The Bertz CT molecular complexity index is 1180. The molecule has 1 unspecified atom stereocenters. The van der Waals surface area contributed by atoms with E-state index in [1.165, 1.54) is 154 Å². The fourth-order valence-electron chi connectivity index (χ4n) is 8.00. The Balaban J connectivity index is 4.31. The molecule has 0 rings (SSSR count). The van der Waals surface area contributed by atoms with Crippen molar-refractivity contribution < 1.29 is 23.8 Å². The van der Waals surface area contributed by atoms with Gasteiger partial charge in [-0.25, -0.2) is 0 Å². The molecule has 0 aromatic carbocycles. The van der Waals surface area contributed by atoms with E-state index in [1.54, 1.807) is 0 Å². The number of allylic oxidation sites excluding steroid dienone is 12. The summed E-state index contributed by atoms with van der Waals surface area (Å²) >= 11 is 0. The number of hydrogen-bond acceptors (Lipinski definition) is 5. The normalized spacial score (nSPS) is 12.7. The SMILES string of the molecule is CC/C=C\C/C=C\C/C=C\C/C=C\CCCCCCCOCC(COC(=O)CCCCCCCCCCCCCCCCCCC)OC(=O)CCCCCCC/C=C\C/C=C\CCCCC. The molecule has 5 nitrogen and oxygen atoms in total. The third-order valence-electron chi connectivity index (χ3n) is 12.2. The first-order valence-corrected chi connectivity index (χ1v) is 28.5. The number of unbranched alkanes of at least 4 members (excludes halogenated alkanes) is 29. The molecule has 0 spiro atoms. The molecular weight excluding hydrogens is 813 g/mol. The molecule has 0 amide bonds. The number of hydrogen-bond donors (Lipinski definition) is 0. The van der Waals surface area contributed by atoms with Crippen LogP contribution in [-0.4, -0.2) is 37.9 Å². The fraction of sp³-hybridized carbons (Fsp3) is 0.770. The summed E-state index contributed by atoms with van der Waals surface area (Å²) < 4.78 is 17.5. The first kappa shape index (κ1) is 63.3. The third-order valence-corrected chi connectivity index (χ3v) is 12.2. The van der Waals surface area contributed by atoms with E-state index < -0.39 is 6.10 Å². The highest BCUT2D eigenvalue weighted by Gasteiger charge is 2.17. The highest BCUT2D eigenvalue weighted by atomic mass is 16.6. The van der Waals surface area contributed by atoms with Gasteiger partial charge >= 0.3 is 11.9 Å². The maximum Gasteiger partial charge on any atom is 0.306 e.